The van der Waals surface area contributed by atoms with Crippen molar-refractivity contribution >= 4 is 11.6 Å². The van der Waals surface area contributed by atoms with Gasteiger partial charge in [-0.05, 0) is 24.5 Å². The number of hydrogen-bond acceptors (Lipinski definition) is 2. The Morgan fingerprint density at radius 2 is 2.06 bits per heavy atom. The molecule has 0 spiro atoms. The van der Waals surface area contributed by atoms with Crippen LogP contribution in [0.5, 0.6) is 0 Å². The van der Waals surface area contributed by atoms with Crippen molar-refractivity contribution in [3.05, 3.63) is 34.4 Å². The minimum atomic E-state index is -1.03. The van der Waals surface area contributed by atoms with E-state index >= 15 is 0 Å². The fraction of sp³-hybridized carbons (Fsp3) is 0.500. The summed E-state index contributed by atoms with van der Waals surface area (Å²) in [6.07, 6.45) is -0.615. The third-order valence-electron chi connectivity index (χ3n) is 3.11. The van der Waals surface area contributed by atoms with Crippen LogP contribution in [0.2, 0.25) is 5.02 Å². The first-order valence-corrected chi connectivity index (χ1v) is 5.82. The van der Waals surface area contributed by atoms with Gasteiger partial charge in [-0.1, -0.05) is 18.5 Å². The first-order valence-electron chi connectivity index (χ1n) is 5.45. The molecule has 1 fully saturated rings. The number of ether oxygens (including phenoxy) is 1. The number of aliphatic hydroxyl groups is 1. The van der Waals surface area contributed by atoms with E-state index in [2.05, 4.69) is 0 Å². The van der Waals surface area contributed by atoms with Gasteiger partial charge in [-0.15, -0.1) is 0 Å². The van der Waals surface area contributed by atoms with Gasteiger partial charge in [0.05, 0.1) is 6.10 Å². The number of halogens is 3. The van der Waals surface area contributed by atoms with Gasteiger partial charge in [0.15, 0.2) is 11.6 Å². The maximum atomic E-state index is 13.1. The second-order valence-electron chi connectivity index (χ2n) is 4.33. The Morgan fingerprint density at radius 3 is 2.65 bits per heavy atom. The van der Waals surface area contributed by atoms with E-state index in [4.69, 9.17) is 16.3 Å². The van der Waals surface area contributed by atoms with Crippen molar-refractivity contribution in [1.82, 2.24) is 0 Å². The van der Waals surface area contributed by atoms with Crippen molar-refractivity contribution in [2.24, 2.45) is 5.92 Å². The van der Waals surface area contributed by atoms with Crippen LogP contribution in [-0.2, 0) is 4.74 Å². The predicted octanol–water partition coefficient (Wildman–Crippen LogP) is 3.08. The first-order chi connectivity index (χ1) is 8.00. The molecule has 5 heteroatoms. The molecule has 3 atom stereocenters. The van der Waals surface area contributed by atoms with Crippen molar-refractivity contribution in [3.63, 3.8) is 0 Å². The summed E-state index contributed by atoms with van der Waals surface area (Å²) in [5.74, 6) is -1.88. The molecule has 0 amide bonds. The minimum Gasteiger partial charge on any atom is -0.386 e. The zero-order chi connectivity index (χ0) is 12.6. The summed E-state index contributed by atoms with van der Waals surface area (Å²) >= 11 is 5.80. The Morgan fingerprint density at radius 1 is 1.41 bits per heavy atom. The molecular weight excluding hydrogens is 250 g/mol. The highest BCUT2D eigenvalue weighted by Gasteiger charge is 2.33. The predicted molar refractivity (Wildman–Crippen MR) is 59.8 cm³/mol. The molecule has 0 aromatic heterocycles. The standard InChI is InChI=1S/C12H13ClF2O2/c1-6-2-3-17-12(6)11(16)7-4-9(14)10(15)5-8(7)13/h4-6,11-12,16H,2-3H2,1H3. The summed E-state index contributed by atoms with van der Waals surface area (Å²) in [6.45, 7) is 2.50. The molecule has 17 heavy (non-hydrogen) atoms. The van der Waals surface area contributed by atoms with Crippen molar-refractivity contribution in [1.29, 1.82) is 0 Å². The average Bonchev–Trinajstić information content (AvgIpc) is 2.69. The Hall–Kier alpha value is -0.710. The van der Waals surface area contributed by atoms with E-state index in [0.29, 0.717) is 6.61 Å². The summed E-state index contributed by atoms with van der Waals surface area (Å²) in [5, 5.41) is 10.1. The number of hydrogen-bond donors (Lipinski definition) is 1. The highest BCUT2D eigenvalue weighted by atomic mass is 35.5. The van der Waals surface area contributed by atoms with Gasteiger partial charge in [-0.25, -0.2) is 8.78 Å². The lowest BCUT2D eigenvalue weighted by Gasteiger charge is -2.22. The molecule has 1 aromatic carbocycles. The van der Waals surface area contributed by atoms with E-state index in [0.717, 1.165) is 18.6 Å². The summed E-state index contributed by atoms with van der Waals surface area (Å²) in [5.41, 5.74) is 0.171. The van der Waals surface area contributed by atoms with Gasteiger partial charge in [-0.2, -0.15) is 0 Å². The lowest BCUT2D eigenvalue weighted by atomic mass is 9.94. The third-order valence-corrected chi connectivity index (χ3v) is 3.44. The number of benzene rings is 1. The molecule has 1 aromatic rings. The van der Waals surface area contributed by atoms with Gasteiger partial charge < -0.3 is 9.84 Å². The fourth-order valence-electron chi connectivity index (χ4n) is 2.06. The monoisotopic (exact) mass is 262 g/mol. The summed E-state index contributed by atoms with van der Waals surface area (Å²) in [6, 6.07) is 1.80. The van der Waals surface area contributed by atoms with Crippen LogP contribution in [0.25, 0.3) is 0 Å². The fourth-order valence-corrected chi connectivity index (χ4v) is 2.32. The van der Waals surface area contributed by atoms with Crippen LogP contribution >= 0.6 is 11.6 Å². The van der Waals surface area contributed by atoms with Gasteiger partial charge in [0, 0.05) is 17.2 Å². The van der Waals surface area contributed by atoms with Crippen LogP contribution in [0.4, 0.5) is 8.78 Å². The Balaban J connectivity index is 2.30. The maximum absolute atomic E-state index is 13.1. The van der Waals surface area contributed by atoms with Crippen LogP contribution in [-0.4, -0.2) is 17.8 Å². The highest BCUT2D eigenvalue weighted by Crippen LogP contribution is 2.35. The van der Waals surface area contributed by atoms with E-state index in [1.54, 1.807) is 0 Å². The summed E-state index contributed by atoms with van der Waals surface area (Å²) in [7, 11) is 0. The molecule has 3 unspecified atom stereocenters. The Bertz CT molecular complexity index is 425. The summed E-state index contributed by atoms with van der Waals surface area (Å²) in [4.78, 5) is 0. The lowest BCUT2D eigenvalue weighted by molar-refractivity contribution is -0.0179. The van der Waals surface area contributed by atoms with Gasteiger partial charge in [0.25, 0.3) is 0 Å². The second-order valence-corrected chi connectivity index (χ2v) is 4.74. The van der Waals surface area contributed by atoms with Crippen LogP contribution in [0, 0.1) is 17.6 Å². The SMILES string of the molecule is CC1CCOC1C(O)c1cc(F)c(F)cc1Cl. The molecule has 1 aliphatic rings. The number of rotatable bonds is 2. The topological polar surface area (TPSA) is 29.5 Å². The van der Waals surface area contributed by atoms with Gasteiger partial charge >= 0.3 is 0 Å². The molecular formula is C12H13ClF2O2. The van der Waals surface area contributed by atoms with Crippen molar-refractivity contribution in [3.8, 4) is 0 Å². The molecule has 2 rings (SSSR count). The maximum Gasteiger partial charge on any atom is 0.160 e. The van der Waals surface area contributed by atoms with E-state index in [1.165, 1.54) is 0 Å². The normalized spacial score (nSPS) is 26.2. The molecule has 0 saturated carbocycles. The molecule has 1 heterocycles. The largest absolute Gasteiger partial charge is 0.386 e. The van der Waals surface area contributed by atoms with Crippen molar-refractivity contribution < 1.29 is 18.6 Å². The molecule has 0 bridgehead atoms. The van der Waals surface area contributed by atoms with Crippen molar-refractivity contribution in [2.45, 2.75) is 25.6 Å². The highest BCUT2D eigenvalue weighted by molar-refractivity contribution is 6.31. The summed E-state index contributed by atoms with van der Waals surface area (Å²) < 4.78 is 31.4. The van der Waals surface area contributed by atoms with Crippen molar-refractivity contribution in [2.75, 3.05) is 6.61 Å². The van der Waals surface area contributed by atoms with Gasteiger partial charge in [0.2, 0.25) is 0 Å². The molecule has 94 valence electrons. The lowest BCUT2D eigenvalue weighted by Crippen LogP contribution is -2.23. The van der Waals surface area contributed by atoms with E-state index in [9.17, 15) is 13.9 Å². The second kappa shape index (κ2) is 4.88. The zero-order valence-electron chi connectivity index (χ0n) is 9.29. The molecule has 2 nitrogen and oxygen atoms in total. The number of aliphatic hydroxyl groups excluding tert-OH is 1. The van der Waals surface area contributed by atoms with E-state index in [1.807, 2.05) is 6.92 Å². The minimum absolute atomic E-state index is 0.0131. The Labute approximate surface area is 103 Å². The first kappa shape index (κ1) is 12.7. The molecule has 0 radical (unpaired) electrons. The van der Waals surface area contributed by atoms with E-state index in [-0.39, 0.29) is 16.5 Å². The van der Waals surface area contributed by atoms with Crippen LogP contribution in [0.15, 0.2) is 12.1 Å². The van der Waals surface area contributed by atoms with Crippen LogP contribution in [0.1, 0.15) is 25.0 Å². The zero-order valence-corrected chi connectivity index (χ0v) is 10.0. The smallest absolute Gasteiger partial charge is 0.160 e. The molecule has 0 aliphatic carbocycles. The Kier molecular flexibility index (Phi) is 3.66. The average molecular weight is 263 g/mol. The molecule has 1 N–H and O–H groups in total. The van der Waals surface area contributed by atoms with Gasteiger partial charge in [-0.3, -0.25) is 0 Å². The van der Waals surface area contributed by atoms with Crippen LogP contribution in [0.3, 0.4) is 0 Å². The van der Waals surface area contributed by atoms with Gasteiger partial charge in [0.1, 0.15) is 6.10 Å². The van der Waals surface area contributed by atoms with E-state index < -0.39 is 23.8 Å². The molecule has 1 saturated heterocycles. The quantitative estimate of drug-likeness (QED) is 0.830. The third kappa shape index (κ3) is 2.44. The molecule has 1 aliphatic heterocycles. The van der Waals surface area contributed by atoms with Crippen LogP contribution < -0.4 is 0 Å².